The maximum absolute atomic E-state index is 6.11. The molecule has 2 aliphatic heterocycles. The molecule has 2 aromatic carbocycles. The summed E-state index contributed by atoms with van der Waals surface area (Å²) in [6.07, 6.45) is 7.30. The van der Waals surface area contributed by atoms with Crippen molar-refractivity contribution in [1.82, 2.24) is 0 Å². The molecule has 0 aliphatic carbocycles. The summed E-state index contributed by atoms with van der Waals surface area (Å²) in [5, 5.41) is 0. The molecule has 6 nitrogen and oxygen atoms in total. The molecule has 0 spiro atoms. The summed E-state index contributed by atoms with van der Waals surface area (Å²) >= 11 is 0. The fourth-order valence-corrected chi connectivity index (χ4v) is 18.0. The average molecular weight is 689 g/mol. The molecule has 4 rings (SSSR count). The Morgan fingerprint density at radius 1 is 0.652 bits per heavy atom. The first-order chi connectivity index (χ1) is 21.4. The highest BCUT2D eigenvalue weighted by molar-refractivity contribution is 6.87. The normalized spacial score (nSPS) is 18.1. The molecule has 9 heteroatoms. The molecule has 2 atom stereocenters. The molecular weight excluding hydrogens is 625 g/mol. The predicted octanol–water partition coefficient (Wildman–Crippen LogP) is 9.64. The molecule has 2 aliphatic rings. The van der Waals surface area contributed by atoms with Crippen molar-refractivity contribution in [2.45, 2.75) is 136 Å². The van der Waals surface area contributed by atoms with Crippen LogP contribution in [0.15, 0.2) is 36.4 Å². The molecule has 0 N–H and O–H groups in total. The fourth-order valence-electron chi connectivity index (χ4n) is 5.70. The molecule has 260 valence electrons. The number of ether oxygens (including phenoxy) is 4. The standard InChI is InChI=1S/C29H40O4.C8H24O2Si3/c1-5-7-9-21-15-23(11-13-27(21)32-19-25-17-30-25)29(3,4)24-12-14-28(33-20-26-18-31-26)22(16-24)10-8-6-2;1-11(2,3)9-13(7,8)10-12(4,5)6/h11-16,25-26H,5-10,17-20H2,1-4H3;1-8H3. The second-order valence-electron chi connectivity index (χ2n) is 15.8. The minimum atomic E-state index is -1.85. The quantitative estimate of drug-likeness (QED) is 0.115. The molecule has 0 bridgehead atoms. The summed E-state index contributed by atoms with van der Waals surface area (Å²) in [4.78, 5) is 0. The highest BCUT2D eigenvalue weighted by Gasteiger charge is 2.35. The lowest BCUT2D eigenvalue weighted by Gasteiger charge is -2.35. The van der Waals surface area contributed by atoms with E-state index in [1.165, 1.54) is 35.1 Å². The van der Waals surface area contributed by atoms with E-state index in [2.05, 4.69) is 116 Å². The summed E-state index contributed by atoms with van der Waals surface area (Å²) in [5.74, 6) is 2.02. The third-order valence-corrected chi connectivity index (χ3v) is 16.8. The van der Waals surface area contributed by atoms with E-state index in [4.69, 9.17) is 27.2 Å². The lowest BCUT2D eigenvalue weighted by atomic mass is 9.76. The van der Waals surface area contributed by atoms with Gasteiger partial charge in [0.15, 0.2) is 16.6 Å². The second-order valence-corrected chi connectivity index (χ2v) is 28.7. The Bertz CT molecular complexity index is 1140. The number of epoxide rings is 2. The van der Waals surface area contributed by atoms with E-state index in [1.54, 1.807) is 0 Å². The maximum atomic E-state index is 6.11. The van der Waals surface area contributed by atoms with Gasteiger partial charge < -0.3 is 27.2 Å². The van der Waals surface area contributed by atoms with Gasteiger partial charge in [-0.2, -0.15) is 0 Å². The van der Waals surface area contributed by atoms with Crippen LogP contribution in [-0.2, 0) is 36.0 Å². The van der Waals surface area contributed by atoms with Crippen LogP contribution in [0.2, 0.25) is 52.4 Å². The number of rotatable bonds is 18. The molecular formula is C37H64O6Si3. The van der Waals surface area contributed by atoms with Crippen molar-refractivity contribution in [1.29, 1.82) is 0 Å². The van der Waals surface area contributed by atoms with Gasteiger partial charge in [0.05, 0.1) is 13.2 Å². The smallest absolute Gasteiger partial charge is 0.311 e. The SMILES string of the molecule is CCCCc1cc(C(C)(C)c2ccc(OCC3CO3)c(CCCC)c2)ccc1OCC1CO1.C[Si](C)(C)O[Si](C)(C)O[Si](C)(C)C. The van der Waals surface area contributed by atoms with Gasteiger partial charge in [0.25, 0.3) is 0 Å². The molecule has 2 fully saturated rings. The van der Waals surface area contributed by atoms with Crippen LogP contribution in [0.25, 0.3) is 0 Å². The minimum absolute atomic E-state index is 0.113. The van der Waals surface area contributed by atoms with Gasteiger partial charge in [0.2, 0.25) is 0 Å². The highest BCUT2D eigenvalue weighted by Crippen LogP contribution is 2.37. The van der Waals surface area contributed by atoms with Crippen LogP contribution in [0.1, 0.15) is 75.6 Å². The second kappa shape index (κ2) is 16.8. The summed E-state index contributed by atoms with van der Waals surface area (Å²) in [6, 6.07) is 13.5. The number of hydrogen-bond donors (Lipinski definition) is 0. The third kappa shape index (κ3) is 13.9. The first kappa shape index (κ1) is 39.0. The van der Waals surface area contributed by atoms with Gasteiger partial charge >= 0.3 is 8.56 Å². The number of hydrogen-bond acceptors (Lipinski definition) is 6. The monoisotopic (exact) mass is 688 g/mol. The van der Waals surface area contributed by atoms with E-state index in [9.17, 15) is 0 Å². The first-order valence-corrected chi connectivity index (χ1v) is 27.2. The van der Waals surface area contributed by atoms with Crippen LogP contribution >= 0.6 is 0 Å². The lowest BCUT2D eigenvalue weighted by Crippen LogP contribution is -2.50. The van der Waals surface area contributed by atoms with Crippen molar-refractivity contribution in [3.63, 3.8) is 0 Å². The first-order valence-electron chi connectivity index (χ1n) is 17.6. The molecule has 0 amide bonds. The highest BCUT2D eigenvalue weighted by atomic mass is 28.5. The van der Waals surface area contributed by atoms with Crippen LogP contribution in [0, 0.1) is 0 Å². The summed E-state index contributed by atoms with van der Waals surface area (Å²) in [7, 11) is -4.72. The molecule has 0 radical (unpaired) electrons. The van der Waals surface area contributed by atoms with E-state index in [1.807, 2.05) is 0 Å². The van der Waals surface area contributed by atoms with Crippen LogP contribution in [0.4, 0.5) is 0 Å². The van der Waals surface area contributed by atoms with Gasteiger partial charge in [0, 0.05) is 5.41 Å². The Kier molecular flexibility index (Phi) is 14.2. The minimum Gasteiger partial charge on any atom is -0.491 e. The largest absolute Gasteiger partial charge is 0.491 e. The van der Waals surface area contributed by atoms with Gasteiger partial charge in [-0.05, 0) is 112 Å². The van der Waals surface area contributed by atoms with Crippen molar-refractivity contribution < 1.29 is 27.2 Å². The molecule has 0 saturated carbocycles. The molecule has 46 heavy (non-hydrogen) atoms. The van der Waals surface area contributed by atoms with Crippen molar-refractivity contribution in [3.05, 3.63) is 58.7 Å². The van der Waals surface area contributed by atoms with Crippen molar-refractivity contribution in [2.75, 3.05) is 26.4 Å². The zero-order chi connectivity index (χ0) is 34.2. The van der Waals surface area contributed by atoms with Gasteiger partial charge in [-0.15, -0.1) is 0 Å². The summed E-state index contributed by atoms with van der Waals surface area (Å²) in [5.41, 5.74) is 5.14. The van der Waals surface area contributed by atoms with Gasteiger partial charge in [-0.1, -0.05) is 64.8 Å². The Morgan fingerprint density at radius 2 is 1.02 bits per heavy atom. The number of unbranched alkanes of at least 4 members (excludes halogenated alkanes) is 2. The van der Waals surface area contributed by atoms with Crippen LogP contribution in [-0.4, -0.2) is 63.8 Å². The predicted molar refractivity (Wildman–Crippen MR) is 199 cm³/mol. The van der Waals surface area contributed by atoms with Gasteiger partial charge in [-0.3, -0.25) is 0 Å². The van der Waals surface area contributed by atoms with Crippen LogP contribution in [0.3, 0.4) is 0 Å². The Hall–Kier alpha value is -1.47. The van der Waals surface area contributed by atoms with Gasteiger partial charge in [-0.25, -0.2) is 0 Å². The lowest BCUT2D eigenvalue weighted by molar-refractivity contribution is 0.260. The molecule has 2 aromatic rings. The zero-order valence-electron chi connectivity index (χ0n) is 31.1. The van der Waals surface area contributed by atoms with Crippen molar-refractivity contribution in [3.8, 4) is 11.5 Å². The summed E-state index contributed by atoms with van der Waals surface area (Å²) in [6.45, 7) is 29.7. The fraction of sp³-hybridized carbons (Fsp3) is 0.676. The molecule has 0 aromatic heterocycles. The van der Waals surface area contributed by atoms with E-state index >= 15 is 0 Å². The van der Waals surface area contributed by atoms with E-state index in [0.717, 1.165) is 50.4 Å². The van der Waals surface area contributed by atoms with Crippen molar-refractivity contribution in [2.24, 2.45) is 0 Å². The Balaban J connectivity index is 0.000000376. The average Bonchev–Trinajstić information content (AvgIpc) is 3.86. The topological polar surface area (TPSA) is 62.0 Å². The molecule has 2 unspecified atom stereocenters. The summed E-state index contributed by atoms with van der Waals surface area (Å²) < 4.78 is 35.1. The molecule has 2 heterocycles. The Morgan fingerprint density at radius 3 is 1.33 bits per heavy atom. The number of aryl methyl sites for hydroxylation is 2. The van der Waals surface area contributed by atoms with Crippen molar-refractivity contribution >= 4 is 25.2 Å². The molecule has 2 saturated heterocycles. The van der Waals surface area contributed by atoms with Crippen LogP contribution < -0.4 is 9.47 Å². The van der Waals surface area contributed by atoms with E-state index in [-0.39, 0.29) is 17.6 Å². The zero-order valence-corrected chi connectivity index (χ0v) is 34.1. The van der Waals surface area contributed by atoms with E-state index in [0.29, 0.717) is 13.2 Å². The Labute approximate surface area is 284 Å². The third-order valence-electron chi connectivity index (χ3n) is 7.92. The maximum Gasteiger partial charge on any atom is 0.311 e. The number of benzene rings is 2. The van der Waals surface area contributed by atoms with E-state index < -0.39 is 25.2 Å². The van der Waals surface area contributed by atoms with Crippen LogP contribution in [0.5, 0.6) is 11.5 Å². The van der Waals surface area contributed by atoms with Gasteiger partial charge in [0.1, 0.15) is 36.9 Å².